The summed E-state index contributed by atoms with van der Waals surface area (Å²) in [6.45, 7) is 11.4. The van der Waals surface area contributed by atoms with Crippen LogP contribution in [0.4, 0.5) is 0 Å². The molecule has 1 saturated carbocycles. The van der Waals surface area contributed by atoms with Gasteiger partial charge in [-0.15, -0.1) is 11.8 Å². The summed E-state index contributed by atoms with van der Waals surface area (Å²) in [6, 6.07) is 13.1. The first kappa shape index (κ1) is 18.1. The van der Waals surface area contributed by atoms with Gasteiger partial charge in [0, 0.05) is 0 Å². The Morgan fingerprint density at radius 2 is 2.04 bits per heavy atom. The highest BCUT2D eigenvalue weighted by Gasteiger charge is 2.40. The topological polar surface area (TPSA) is 23.8 Å². The van der Waals surface area contributed by atoms with Crippen molar-refractivity contribution in [2.75, 3.05) is 5.75 Å². The van der Waals surface area contributed by atoms with Crippen molar-refractivity contribution in [3.63, 3.8) is 0 Å². The van der Waals surface area contributed by atoms with Crippen molar-refractivity contribution in [2.45, 2.75) is 51.7 Å². The van der Waals surface area contributed by atoms with Crippen molar-refractivity contribution in [2.24, 2.45) is 17.3 Å². The molecular formula is C21H29NS. The lowest BCUT2D eigenvalue weighted by Crippen LogP contribution is -2.37. The highest BCUT2D eigenvalue weighted by Crippen LogP contribution is 2.49. The highest BCUT2D eigenvalue weighted by molar-refractivity contribution is 8.00. The summed E-state index contributed by atoms with van der Waals surface area (Å²) in [5.74, 6) is 2.18. The fourth-order valence-corrected chi connectivity index (χ4v) is 4.67. The molecule has 23 heavy (non-hydrogen) atoms. The van der Waals surface area contributed by atoms with Crippen molar-refractivity contribution >= 4 is 11.8 Å². The maximum atomic E-state index is 9.58. The first-order valence-corrected chi connectivity index (χ1v) is 9.72. The molecule has 0 aliphatic heterocycles. The molecule has 0 N–H and O–H groups in total. The van der Waals surface area contributed by atoms with E-state index in [0.29, 0.717) is 11.8 Å². The molecule has 0 saturated heterocycles. The number of benzene rings is 1. The Kier molecular flexibility index (Phi) is 6.36. The van der Waals surface area contributed by atoms with Crippen LogP contribution < -0.4 is 0 Å². The van der Waals surface area contributed by atoms with Crippen LogP contribution in [0.3, 0.4) is 0 Å². The van der Waals surface area contributed by atoms with E-state index in [1.807, 2.05) is 17.8 Å². The molecular weight excluding hydrogens is 298 g/mol. The van der Waals surface area contributed by atoms with Crippen LogP contribution in [-0.4, -0.2) is 11.0 Å². The van der Waals surface area contributed by atoms with Crippen molar-refractivity contribution in [1.82, 2.24) is 0 Å². The van der Waals surface area contributed by atoms with Crippen LogP contribution in [0.1, 0.15) is 45.6 Å². The monoisotopic (exact) mass is 327 g/mol. The van der Waals surface area contributed by atoms with E-state index in [2.05, 4.69) is 57.7 Å². The molecule has 1 aliphatic carbocycles. The van der Waals surface area contributed by atoms with Gasteiger partial charge < -0.3 is 0 Å². The maximum absolute atomic E-state index is 9.58. The number of thioether (sulfide) groups is 1. The van der Waals surface area contributed by atoms with E-state index in [1.165, 1.54) is 17.6 Å². The summed E-state index contributed by atoms with van der Waals surface area (Å²) in [7, 11) is 0. The lowest BCUT2D eigenvalue weighted by Gasteiger charge is -2.46. The van der Waals surface area contributed by atoms with E-state index >= 15 is 0 Å². The number of hydrogen-bond acceptors (Lipinski definition) is 2. The molecule has 0 radical (unpaired) electrons. The minimum atomic E-state index is 0.0741. The Bertz CT molecular complexity index is 555. The van der Waals surface area contributed by atoms with Gasteiger partial charge in [-0.3, -0.25) is 0 Å². The van der Waals surface area contributed by atoms with E-state index in [4.69, 9.17) is 0 Å². The third-order valence-corrected chi connectivity index (χ3v) is 6.85. The molecule has 1 aromatic carbocycles. The number of nitriles is 1. The van der Waals surface area contributed by atoms with E-state index in [9.17, 15) is 5.26 Å². The minimum Gasteiger partial charge on any atom is -0.197 e. The molecule has 0 bridgehead atoms. The van der Waals surface area contributed by atoms with Gasteiger partial charge in [0.05, 0.1) is 11.3 Å². The molecule has 0 spiro atoms. The van der Waals surface area contributed by atoms with E-state index in [1.54, 1.807) is 0 Å². The summed E-state index contributed by atoms with van der Waals surface area (Å²) in [5, 5.41) is 9.65. The van der Waals surface area contributed by atoms with Crippen LogP contribution in [0.2, 0.25) is 0 Å². The zero-order chi connectivity index (χ0) is 16.9. The number of rotatable bonds is 6. The number of nitrogens with zero attached hydrogens (tertiary/aromatic N) is 1. The smallest absolute Gasteiger partial charge is 0.0922 e. The molecule has 1 unspecified atom stereocenters. The van der Waals surface area contributed by atoms with Gasteiger partial charge in [-0.05, 0) is 54.3 Å². The van der Waals surface area contributed by atoms with Crippen LogP contribution in [0, 0.1) is 28.6 Å². The summed E-state index contributed by atoms with van der Waals surface area (Å²) in [4.78, 5) is 0. The Labute approximate surface area is 146 Å². The quantitative estimate of drug-likeness (QED) is 0.610. The van der Waals surface area contributed by atoms with Crippen LogP contribution in [0.5, 0.6) is 0 Å². The first-order chi connectivity index (χ1) is 10.9. The van der Waals surface area contributed by atoms with Crippen molar-refractivity contribution in [1.29, 1.82) is 5.26 Å². The Morgan fingerprint density at radius 3 is 2.70 bits per heavy atom. The average Bonchev–Trinajstić information content (AvgIpc) is 2.54. The summed E-state index contributed by atoms with van der Waals surface area (Å²) >= 11 is 1.81. The fourth-order valence-electron chi connectivity index (χ4n) is 3.62. The van der Waals surface area contributed by atoms with Crippen LogP contribution in [0.25, 0.3) is 0 Å². The van der Waals surface area contributed by atoms with Crippen LogP contribution >= 0.6 is 11.8 Å². The van der Waals surface area contributed by atoms with Gasteiger partial charge in [0.15, 0.2) is 0 Å². The Hall–Kier alpha value is -1.20. The molecule has 0 heterocycles. The molecule has 1 aromatic rings. The van der Waals surface area contributed by atoms with Crippen molar-refractivity contribution in [3.8, 4) is 6.07 Å². The van der Waals surface area contributed by atoms with Crippen molar-refractivity contribution in [3.05, 3.63) is 48.0 Å². The SMILES string of the molecule is C=C1CC[C@@H](C)C(C)(C)[C@H]1CC(C#N)SCCc1ccccc1. The van der Waals surface area contributed by atoms with Gasteiger partial charge in [0.25, 0.3) is 0 Å². The predicted molar refractivity (Wildman–Crippen MR) is 101 cm³/mol. The maximum Gasteiger partial charge on any atom is 0.0922 e. The van der Waals surface area contributed by atoms with Gasteiger partial charge in [-0.2, -0.15) is 5.26 Å². The Morgan fingerprint density at radius 1 is 1.35 bits per heavy atom. The fraction of sp³-hybridized carbons (Fsp3) is 0.571. The number of hydrogen-bond donors (Lipinski definition) is 0. The minimum absolute atomic E-state index is 0.0741. The van der Waals surface area contributed by atoms with Crippen LogP contribution in [0.15, 0.2) is 42.5 Å². The zero-order valence-electron chi connectivity index (χ0n) is 14.7. The zero-order valence-corrected chi connectivity index (χ0v) is 15.5. The molecule has 0 amide bonds. The molecule has 1 nitrogen and oxygen atoms in total. The number of aryl methyl sites for hydroxylation is 1. The van der Waals surface area contributed by atoms with Gasteiger partial charge in [-0.1, -0.05) is 63.3 Å². The van der Waals surface area contributed by atoms with Gasteiger partial charge in [-0.25, -0.2) is 0 Å². The Balaban J connectivity index is 1.91. The first-order valence-electron chi connectivity index (χ1n) is 8.68. The van der Waals surface area contributed by atoms with Crippen molar-refractivity contribution < 1.29 is 0 Å². The largest absolute Gasteiger partial charge is 0.197 e. The average molecular weight is 328 g/mol. The summed E-state index contributed by atoms with van der Waals surface area (Å²) < 4.78 is 0. The van der Waals surface area contributed by atoms with Gasteiger partial charge in [0.1, 0.15) is 0 Å². The molecule has 3 atom stereocenters. The second-order valence-corrected chi connectivity index (χ2v) is 8.74. The predicted octanol–water partition coefficient (Wildman–Crippen LogP) is 5.87. The standard InChI is InChI=1S/C21H29NS/c1-16-10-11-17(2)21(3,4)20(16)14-19(15-22)23-13-12-18-8-6-5-7-9-18/h5-9,17,19-20H,1,10-14H2,2-4H3/t17-,19?,20+/m1/s1. The van der Waals surface area contributed by atoms with E-state index in [-0.39, 0.29) is 10.7 Å². The second-order valence-electron chi connectivity index (χ2n) is 7.43. The second kappa shape index (κ2) is 8.06. The lowest BCUT2D eigenvalue weighted by molar-refractivity contribution is 0.108. The third kappa shape index (κ3) is 4.64. The van der Waals surface area contributed by atoms with Gasteiger partial charge in [0.2, 0.25) is 0 Å². The summed E-state index contributed by atoms with van der Waals surface area (Å²) in [6.07, 6.45) is 4.35. The molecule has 1 aliphatic rings. The summed E-state index contributed by atoms with van der Waals surface area (Å²) in [5.41, 5.74) is 2.97. The lowest BCUT2D eigenvalue weighted by atomic mass is 9.60. The highest BCUT2D eigenvalue weighted by atomic mass is 32.2. The molecule has 2 rings (SSSR count). The molecule has 124 valence electrons. The molecule has 2 heteroatoms. The van der Waals surface area contributed by atoms with E-state index < -0.39 is 0 Å². The molecule has 1 fully saturated rings. The third-order valence-electron chi connectivity index (χ3n) is 5.71. The molecule has 0 aromatic heterocycles. The van der Waals surface area contributed by atoms with E-state index in [0.717, 1.165) is 25.0 Å². The van der Waals surface area contributed by atoms with Crippen LogP contribution in [-0.2, 0) is 6.42 Å². The number of allylic oxidation sites excluding steroid dienone is 1. The van der Waals surface area contributed by atoms with Gasteiger partial charge >= 0.3 is 0 Å². The normalized spacial score (nSPS) is 24.9.